The first-order chi connectivity index (χ1) is 29.4. The molecule has 10 atom stereocenters. The van der Waals surface area contributed by atoms with Crippen LogP contribution in [0.2, 0.25) is 0 Å². The van der Waals surface area contributed by atoms with E-state index in [0.29, 0.717) is 0 Å². The van der Waals surface area contributed by atoms with Crippen LogP contribution in [0.15, 0.2) is 60.5 Å². The summed E-state index contributed by atoms with van der Waals surface area (Å²) in [6.07, 6.45) is -8.03. The minimum Gasteiger partial charge on any atom is -0.457 e. The maximum atomic E-state index is 13.1. The molecule has 4 aromatic rings. The van der Waals surface area contributed by atoms with Gasteiger partial charge in [0.15, 0.2) is 42.3 Å². The van der Waals surface area contributed by atoms with Crippen LogP contribution >= 0.6 is 15.6 Å². The number of nitro benzene ring substituents is 1. The molecule has 0 bridgehead atoms. The Morgan fingerprint density at radius 2 is 1.79 bits per heavy atom. The summed E-state index contributed by atoms with van der Waals surface area (Å²) in [7, 11) is -11.1. The Morgan fingerprint density at radius 1 is 1.06 bits per heavy atom. The first-order valence-electron chi connectivity index (χ1n) is 17.9. The molecule has 5 heterocycles. The Hall–Kier alpha value is -5.77. The van der Waals surface area contributed by atoms with Gasteiger partial charge in [-0.3, -0.25) is 33.3 Å². The maximum Gasteiger partial charge on any atom is 0.481 e. The third kappa shape index (κ3) is 10.6. The number of phosphoric acid groups is 2. The van der Waals surface area contributed by atoms with Crippen molar-refractivity contribution in [3.8, 4) is 0 Å². The Labute approximate surface area is 346 Å². The van der Waals surface area contributed by atoms with Gasteiger partial charge in [0.05, 0.1) is 24.5 Å². The zero-order chi connectivity index (χ0) is 44.9. The number of phosphoric ester groups is 2. The Morgan fingerprint density at radius 3 is 2.48 bits per heavy atom. The van der Waals surface area contributed by atoms with Gasteiger partial charge in [0, 0.05) is 35.7 Å². The van der Waals surface area contributed by atoms with Gasteiger partial charge in [-0.2, -0.15) is 8.88 Å². The van der Waals surface area contributed by atoms with Gasteiger partial charge >= 0.3 is 21.6 Å². The predicted octanol–water partition coefficient (Wildman–Crippen LogP) is 0.277. The number of ether oxygens (including phenoxy) is 3. The molecule has 332 valence electrons. The number of nitrogens with two attached hydrogens (primary N) is 2. The second-order valence-electron chi connectivity index (χ2n) is 13.3. The van der Waals surface area contributed by atoms with Crippen LogP contribution in [0.5, 0.6) is 0 Å². The number of hydrogen-bond acceptors (Lipinski definition) is 21. The van der Waals surface area contributed by atoms with E-state index in [-0.39, 0.29) is 53.3 Å². The largest absolute Gasteiger partial charge is 0.481 e. The highest BCUT2D eigenvalue weighted by Gasteiger charge is 2.51. The number of nitrogens with zero attached hydrogens (tertiary/aromatic N) is 9. The number of fused-ring (bicyclic) bond motifs is 1. The maximum absolute atomic E-state index is 13.1. The summed E-state index contributed by atoms with van der Waals surface area (Å²) in [6, 6.07) is 6.49. The summed E-state index contributed by atoms with van der Waals surface area (Å²) in [5.41, 5.74) is 19.7. The van der Waals surface area contributed by atoms with E-state index in [4.69, 9.17) is 40.3 Å². The van der Waals surface area contributed by atoms with Crippen molar-refractivity contribution < 1.29 is 80.9 Å². The highest BCUT2D eigenvalue weighted by atomic mass is 31.3. The average Bonchev–Trinajstić information content (AvgIpc) is 3.88. The molecule has 29 nitrogen and oxygen atoms in total. The van der Waals surface area contributed by atoms with Crippen LogP contribution in [-0.4, -0.2) is 118 Å². The number of primary amides is 1. The smallest absolute Gasteiger partial charge is 0.457 e. The van der Waals surface area contributed by atoms with Gasteiger partial charge in [-0.05, 0) is 24.1 Å². The number of esters is 1. The normalized spacial score (nSPS) is 25.4. The number of imidazole rings is 1. The molecule has 0 radical (unpaired) electrons. The molecule has 0 aliphatic carbocycles. The number of nitrogens with one attached hydrogen (secondary N) is 1. The summed E-state index contributed by atoms with van der Waals surface area (Å²) >= 11 is 0. The van der Waals surface area contributed by atoms with Crippen molar-refractivity contribution >= 4 is 61.6 Å². The Kier molecular flexibility index (Phi) is 14.1. The molecular weight excluding hydrogens is 874 g/mol. The molecule has 6 rings (SSSR count). The molecular formula is C31H37N12O17P2+. The minimum atomic E-state index is -5.58. The van der Waals surface area contributed by atoms with Gasteiger partial charge in [0.2, 0.25) is 0 Å². The molecule has 2 aliphatic heterocycles. The molecule has 2 fully saturated rings. The number of aliphatic hydroxyl groups excluding tert-OH is 3. The molecule has 62 heavy (non-hydrogen) atoms. The first kappa shape index (κ1) is 45.7. The lowest BCUT2D eigenvalue weighted by atomic mass is 10.1. The number of carbonyl (C=O) groups excluding carboxylic acids is 2. The standard InChI is InChI=1S/C31H36N12O17P2/c32-27-22-29(37-13-36-27)42(14-38-22)31-25(47)26(59-21(44)4-1-7-35-17-6-5-16(39-40-34)9-18(17)43(49)50)20(58-31)12-56-62(53,54)60-61(51,52)55-11-19-23(45)24(46)30(57-19)41-8-2-3-15(10-41)28(33)48/h2-3,5-6,8-10,13-14,19-20,23-26,30-31,35,45-47H,1,4,7,11-12H2,(H5-,32,33,36,37,48,51,52,53,54)/p+1/t19-,20-,23-,24-,25-,26-,30-,31-/m1/s1. The van der Waals surface area contributed by atoms with Gasteiger partial charge in [-0.15, -0.1) is 0 Å². The number of aliphatic hydroxyl groups is 3. The number of aromatic nitrogens is 5. The monoisotopic (exact) mass is 911 g/mol. The van der Waals surface area contributed by atoms with E-state index < -0.39 is 100 Å². The van der Waals surface area contributed by atoms with Crippen molar-refractivity contribution in [1.82, 2.24) is 19.5 Å². The van der Waals surface area contributed by atoms with E-state index in [1.54, 1.807) is 0 Å². The van der Waals surface area contributed by atoms with Crippen LogP contribution in [0.1, 0.15) is 35.7 Å². The molecule has 2 saturated heterocycles. The van der Waals surface area contributed by atoms with Crippen molar-refractivity contribution in [2.45, 2.75) is 61.9 Å². The van der Waals surface area contributed by atoms with Gasteiger partial charge < -0.3 is 56.1 Å². The number of benzene rings is 1. The molecule has 2 unspecified atom stereocenters. The SMILES string of the molecule is [N-]=[N+]=Nc1ccc(NCCCC(=O)O[C@H]2[C@@H](O)[C@H](n3cnc4c(N)ncnc43)O[C@@H]2COP(=O)(O)OP(=O)(O)OC[C@H]2O[C@@H]([n+]3cccc(C(N)=O)c3)[C@H](O)[C@@H]2O)c([N+](=O)[O-])c1. The Balaban J connectivity index is 1.08. The van der Waals surface area contributed by atoms with Crippen LogP contribution in [0.4, 0.5) is 22.9 Å². The average molecular weight is 912 g/mol. The molecule has 3 aromatic heterocycles. The van der Waals surface area contributed by atoms with Gasteiger partial charge in [0.1, 0.15) is 47.5 Å². The van der Waals surface area contributed by atoms with E-state index in [9.17, 15) is 53.9 Å². The third-order valence-electron chi connectivity index (χ3n) is 9.20. The number of nitrogen functional groups attached to an aromatic ring is 1. The molecule has 31 heteroatoms. The van der Waals surface area contributed by atoms with E-state index >= 15 is 0 Å². The summed E-state index contributed by atoms with van der Waals surface area (Å²) in [4.78, 5) is 70.8. The number of nitro groups is 1. The van der Waals surface area contributed by atoms with Gasteiger partial charge in [-0.25, -0.2) is 24.1 Å². The quantitative estimate of drug-likeness (QED) is 0.00720. The molecule has 2 aliphatic rings. The number of hydrogen-bond donors (Lipinski definition) is 8. The molecule has 0 saturated carbocycles. The number of amides is 1. The number of pyridine rings is 1. The zero-order valence-electron chi connectivity index (χ0n) is 31.6. The van der Waals surface area contributed by atoms with Crippen LogP contribution in [0.3, 0.4) is 0 Å². The van der Waals surface area contributed by atoms with E-state index in [0.717, 1.165) is 12.4 Å². The Bertz CT molecular complexity index is 2480. The topological polar surface area (TPSA) is 428 Å². The summed E-state index contributed by atoms with van der Waals surface area (Å²) in [5.74, 6) is -1.75. The van der Waals surface area contributed by atoms with Crippen LogP contribution in [-0.2, 0) is 41.5 Å². The fourth-order valence-corrected chi connectivity index (χ4v) is 8.40. The third-order valence-corrected chi connectivity index (χ3v) is 11.8. The summed E-state index contributed by atoms with van der Waals surface area (Å²) in [6.45, 7) is -2.00. The van der Waals surface area contributed by atoms with Gasteiger partial charge in [0.25, 0.3) is 17.8 Å². The fourth-order valence-electron chi connectivity index (χ4n) is 6.31. The zero-order valence-corrected chi connectivity index (χ0v) is 33.3. The minimum absolute atomic E-state index is 0.00240. The van der Waals surface area contributed by atoms with Crippen molar-refractivity contribution in [2.24, 2.45) is 10.8 Å². The second kappa shape index (κ2) is 19.1. The number of rotatable bonds is 19. The molecule has 0 spiro atoms. The lowest BCUT2D eigenvalue weighted by molar-refractivity contribution is -0.765. The van der Waals surface area contributed by atoms with Gasteiger partial charge in [-0.1, -0.05) is 11.2 Å². The van der Waals surface area contributed by atoms with E-state index in [2.05, 4.69) is 34.6 Å². The first-order valence-corrected chi connectivity index (χ1v) is 20.9. The van der Waals surface area contributed by atoms with Crippen LogP contribution in [0, 0.1) is 10.1 Å². The lowest BCUT2D eigenvalue weighted by Crippen LogP contribution is -2.46. The van der Waals surface area contributed by atoms with E-state index in [1.165, 1.54) is 52.1 Å². The number of anilines is 2. The highest BCUT2D eigenvalue weighted by Crippen LogP contribution is 2.61. The molecule has 1 aromatic carbocycles. The number of carbonyl (C=O) groups is 2. The van der Waals surface area contributed by atoms with E-state index in [1.807, 2.05) is 0 Å². The van der Waals surface area contributed by atoms with Crippen molar-refractivity contribution in [1.29, 1.82) is 0 Å². The van der Waals surface area contributed by atoms with Crippen molar-refractivity contribution in [2.75, 3.05) is 30.8 Å². The second-order valence-corrected chi connectivity index (χ2v) is 16.4. The lowest BCUT2D eigenvalue weighted by Gasteiger charge is -2.22. The molecule has 10 N–H and O–H groups in total. The van der Waals surface area contributed by atoms with Crippen molar-refractivity contribution in [3.05, 3.63) is 81.5 Å². The van der Waals surface area contributed by atoms with Crippen LogP contribution in [0.25, 0.3) is 21.6 Å². The summed E-state index contributed by atoms with van der Waals surface area (Å²) in [5, 5.41) is 50.0. The van der Waals surface area contributed by atoms with Crippen LogP contribution < -0.4 is 21.4 Å². The highest BCUT2D eigenvalue weighted by molar-refractivity contribution is 7.61. The predicted molar refractivity (Wildman–Crippen MR) is 203 cm³/mol. The number of azide groups is 1. The molecule has 1 amide bonds. The fraction of sp³-hybridized carbons (Fsp3) is 0.419. The van der Waals surface area contributed by atoms with Crippen molar-refractivity contribution in [3.63, 3.8) is 0 Å². The summed E-state index contributed by atoms with van der Waals surface area (Å²) < 4.78 is 59.2.